The van der Waals surface area contributed by atoms with Crippen molar-refractivity contribution >= 4 is 27.9 Å². The first-order chi connectivity index (χ1) is 7.04. The van der Waals surface area contributed by atoms with Crippen molar-refractivity contribution in [1.82, 2.24) is 4.98 Å². The number of pyridine rings is 1. The van der Waals surface area contributed by atoms with E-state index in [9.17, 15) is 9.59 Å². The second-order valence-corrected chi connectivity index (χ2v) is 3.50. The molecule has 0 amide bonds. The van der Waals surface area contributed by atoms with Crippen LogP contribution in [0.2, 0.25) is 0 Å². The molecule has 1 heterocycles. The Bertz CT molecular complexity index is 405. The summed E-state index contributed by atoms with van der Waals surface area (Å²) in [5, 5.41) is 8.71. The highest BCUT2D eigenvalue weighted by molar-refractivity contribution is 9.10. The number of hydrogen-bond donors (Lipinski definition) is 1. The van der Waals surface area contributed by atoms with E-state index in [1.807, 2.05) is 0 Å². The molecule has 0 aliphatic heterocycles. The Hall–Kier alpha value is -1.43. The van der Waals surface area contributed by atoms with Crippen LogP contribution in [0.5, 0.6) is 0 Å². The first-order valence-electron chi connectivity index (χ1n) is 4.12. The quantitative estimate of drug-likeness (QED) is 0.849. The first kappa shape index (κ1) is 11.6. The zero-order valence-corrected chi connectivity index (χ0v) is 9.44. The lowest BCUT2D eigenvalue weighted by Gasteiger charge is -2.02. The van der Waals surface area contributed by atoms with Gasteiger partial charge in [-0.25, -0.2) is 14.6 Å². The lowest BCUT2D eigenvalue weighted by molar-refractivity contribution is 0.0519. The molecule has 1 aromatic rings. The zero-order valence-electron chi connectivity index (χ0n) is 7.86. The predicted molar refractivity (Wildman–Crippen MR) is 54.9 cm³/mol. The van der Waals surface area contributed by atoms with Crippen LogP contribution in [0.4, 0.5) is 0 Å². The minimum Gasteiger partial charge on any atom is -0.477 e. The van der Waals surface area contributed by atoms with Gasteiger partial charge in [0, 0.05) is 4.47 Å². The maximum atomic E-state index is 11.3. The molecule has 6 heteroatoms. The smallest absolute Gasteiger partial charge is 0.356 e. The van der Waals surface area contributed by atoms with Crippen LogP contribution in [-0.4, -0.2) is 28.6 Å². The predicted octanol–water partition coefficient (Wildman–Crippen LogP) is 1.72. The average molecular weight is 274 g/mol. The fourth-order valence-corrected chi connectivity index (χ4v) is 1.35. The molecule has 0 bridgehead atoms. The van der Waals surface area contributed by atoms with E-state index in [2.05, 4.69) is 20.9 Å². The third-order valence-electron chi connectivity index (χ3n) is 1.49. The van der Waals surface area contributed by atoms with Crippen LogP contribution in [0.15, 0.2) is 16.6 Å². The molecule has 1 aromatic heterocycles. The van der Waals surface area contributed by atoms with Crippen molar-refractivity contribution in [2.24, 2.45) is 0 Å². The van der Waals surface area contributed by atoms with Gasteiger partial charge in [-0.05, 0) is 19.1 Å². The summed E-state index contributed by atoms with van der Waals surface area (Å²) in [7, 11) is 0. The monoisotopic (exact) mass is 273 g/mol. The molecule has 1 N–H and O–H groups in total. The standard InChI is InChI=1S/C9H8BrNO4/c1-2-15-9(14)7-4-5(10)3-6(11-7)8(12)13/h3-4H,2H2,1H3,(H,12,13). The Kier molecular flexibility index (Phi) is 3.79. The normalized spacial score (nSPS) is 9.73. The number of carbonyl (C=O) groups excluding carboxylic acids is 1. The summed E-state index contributed by atoms with van der Waals surface area (Å²) in [4.78, 5) is 25.6. The van der Waals surface area contributed by atoms with Crippen LogP contribution in [-0.2, 0) is 4.74 Å². The Morgan fingerprint density at radius 3 is 2.60 bits per heavy atom. The molecule has 15 heavy (non-hydrogen) atoms. The Morgan fingerprint density at radius 2 is 2.07 bits per heavy atom. The maximum absolute atomic E-state index is 11.3. The molecule has 0 spiro atoms. The molecular formula is C9H8BrNO4. The lowest BCUT2D eigenvalue weighted by Crippen LogP contribution is -2.10. The van der Waals surface area contributed by atoms with Gasteiger partial charge in [-0.15, -0.1) is 0 Å². The summed E-state index contributed by atoms with van der Waals surface area (Å²) < 4.78 is 5.17. The van der Waals surface area contributed by atoms with E-state index in [-0.39, 0.29) is 18.0 Å². The molecule has 1 rings (SSSR count). The van der Waals surface area contributed by atoms with Crippen LogP contribution in [0, 0.1) is 0 Å². The number of carboxylic acid groups (broad SMARTS) is 1. The molecule has 0 aromatic carbocycles. The summed E-state index contributed by atoms with van der Waals surface area (Å²) in [5.41, 5.74) is -0.226. The summed E-state index contributed by atoms with van der Waals surface area (Å²) in [6, 6.07) is 2.72. The van der Waals surface area contributed by atoms with Gasteiger partial charge in [-0.2, -0.15) is 0 Å². The molecule has 0 saturated carbocycles. The molecule has 0 unspecified atom stereocenters. The van der Waals surface area contributed by atoms with Gasteiger partial charge < -0.3 is 9.84 Å². The maximum Gasteiger partial charge on any atom is 0.356 e. The van der Waals surface area contributed by atoms with Gasteiger partial charge in [0.1, 0.15) is 11.4 Å². The van der Waals surface area contributed by atoms with E-state index >= 15 is 0 Å². The second kappa shape index (κ2) is 4.88. The summed E-state index contributed by atoms with van der Waals surface area (Å²) in [6.45, 7) is 1.88. The number of ether oxygens (including phenoxy) is 1. The van der Waals surface area contributed by atoms with Crippen molar-refractivity contribution in [3.05, 3.63) is 28.0 Å². The largest absolute Gasteiger partial charge is 0.477 e. The van der Waals surface area contributed by atoms with Gasteiger partial charge in [0.25, 0.3) is 0 Å². The highest BCUT2D eigenvalue weighted by Gasteiger charge is 2.13. The van der Waals surface area contributed by atoms with Gasteiger partial charge in [0.05, 0.1) is 6.61 Å². The van der Waals surface area contributed by atoms with E-state index in [4.69, 9.17) is 9.84 Å². The first-order valence-corrected chi connectivity index (χ1v) is 4.92. The van der Waals surface area contributed by atoms with Crippen molar-refractivity contribution in [1.29, 1.82) is 0 Å². The molecule has 0 radical (unpaired) electrons. The second-order valence-electron chi connectivity index (χ2n) is 2.58. The summed E-state index contributed by atoms with van der Waals surface area (Å²) in [6.07, 6.45) is 0. The minimum atomic E-state index is -1.19. The number of aromatic carboxylic acids is 1. The number of esters is 1. The van der Waals surface area contributed by atoms with Crippen molar-refractivity contribution in [2.45, 2.75) is 6.92 Å². The minimum absolute atomic E-state index is 0.0244. The SMILES string of the molecule is CCOC(=O)c1cc(Br)cc(C(=O)O)n1. The Balaban J connectivity index is 3.09. The van der Waals surface area contributed by atoms with Gasteiger partial charge in [-0.1, -0.05) is 15.9 Å². The van der Waals surface area contributed by atoms with Gasteiger partial charge in [0.15, 0.2) is 0 Å². The topological polar surface area (TPSA) is 76.5 Å². The van der Waals surface area contributed by atoms with Crippen LogP contribution in [0.1, 0.15) is 27.9 Å². The van der Waals surface area contributed by atoms with E-state index in [1.54, 1.807) is 6.92 Å². The van der Waals surface area contributed by atoms with Crippen LogP contribution in [0.25, 0.3) is 0 Å². The Labute approximate surface area is 94.2 Å². The highest BCUT2D eigenvalue weighted by Crippen LogP contribution is 2.13. The van der Waals surface area contributed by atoms with Crippen LogP contribution >= 0.6 is 15.9 Å². The fourth-order valence-electron chi connectivity index (χ4n) is 0.916. The molecular weight excluding hydrogens is 266 g/mol. The van der Waals surface area contributed by atoms with Crippen molar-refractivity contribution in [3.8, 4) is 0 Å². The van der Waals surface area contributed by atoms with Gasteiger partial charge in [-0.3, -0.25) is 0 Å². The summed E-state index contributed by atoms with van der Waals surface area (Å²) >= 11 is 3.09. The molecule has 80 valence electrons. The Morgan fingerprint density at radius 1 is 1.47 bits per heavy atom. The lowest BCUT2D eigenvalue weighted by atomic mass is 10.3. The van der Waals surface area contributed by atoms with E-state index < -0.39 is 11.9 Å². The number of carboxylic acids is 1. The fraction of sp³-hybridized carbons (Fsp3) is 0.222. The molecule has 5 nitrogen and oxygen atoms in total. The van der Waals surface area contributed by atoms with E-state index in [0.29, 0.717) is 4.47 Å². The molecule has 0 aliphatic carbocycles. The van der Waals surface area contributed by atoms with Gasteiger partial charge >= 0.3 is 11.9 Å². The van der Waals surface area contributed by atoms with Crippen LogP contribution < -0.4 is 0 Å². The average Bonchev–Trinajstić information content (AvgIpc) is 2.17. The molecule has 0 aliphatic rings. The number of halogens is 1. The number of nitrogens with zero attached hydrogens (tertiary/aromatic N) is 1. The van der Waals surface area contributed by atoms with Crippen LogP contribution in [0.3, 0.4) is 0 Å². The van der Waals surface area contributed by atoms with E-state index in [1.165, 1.54) is 12.1 Å². The zero-order chi connectivity index (χ0) is 11.4. The third-order valence-corrected chi connectivity index (χ3v) is 1.95. The van der Waals surface area contributed by atoms with Crippen molar-refractivity contribution in [3.63, 3.8) is 0 Å². The van der Waals surface area contributed by atoms with Gasteiger partial charge in [0.2, 0.25) is 0 Å². The molecule has 0 atom stereocenters. The van der Waals surface area contributed by atoms with E-state index in [0.717, 1.165) is 0 Å². The van der Waals surface area contributed by atoms with Crippen molar-refractivity contribution in [2.75, 3.05) is 6.61 Å². The highest BCUT2D eigenvalue weighted by atomic mass is 79.9. The summed E-state index contributed by atoms with van der Waals surface area (Å²) in [5.74, 6) is -1.83. The van der Waals surface area contributed by atoms with Crippen molar-refractivity contribution < 1.29 is 19.4 Å². The number of carbonyl (C=O) groups is 2. The number of hydrogen-bond acceptors (Lipinski definition) is 4. The number of rotatable bonds is 3. The molecule has 0 saturated heterocycles. The third kappa shape index (κ3) is 3.02. The number of aromatic nitrogens is 1. The molecule has 0 fully saturated rings.